The molecule has 0 aliphatic rings. The van der Waals surface area contributed by atoms with Crippen LogP contribution in [0.1, 0.15) is 16.5 Å². The average Bonchev–Trinajstić information content (AvgIpc) is 2.72. The van der Waals surface area contributed by atoms with Gasteiger partial charge in [0.1, 0.15) is 5.82 Å². The van der Waals surface area contributed by atoms with E-state index in [1.165, 1.54) is 17.4 Å². The van der Waals surface area contributed by atoms with Crippen LogP contribution in [0.3, 0.4) is 0 Å². The Morgan fingerprint density at radius 3 is 2.76 bits per heavy atom. The van der Waals surface area contributed by atoms with E-state index < -0.39 is 11.9 Å². The number of aliphatic hydroxyl groups is 1. The van der Waals surface area contributed by atoms with Gasteiger partial charge in [-0.15, -0.1) is 11.3 Å². The highest BCUT2D eigenvalue weighted by Gasteiger charge is 2.14. The fourth-order valence-corrected chi connectivity index (χ4v) is 2.79. The van der Waals surface area contributed by atoms with Crippen molar-refractivity contribution >= 4 is 34.5 Å². The second kappa shape index (κ2) is 5.36. The molecular weight excluding hydrogens is 282 g/mol. The number of hydrogen-bond acceptors (Lipinski definition) is 2. The molecule has 0 aliphatic carbocycles. The summed E-state index contributed by atoms with van der Waals surface area (Å²) in [6.45, 7) is 0. The Labute approximate surface area is 112 Å². The molecule has 0 saturated heterocycles. The maximum absolute atomic E-state index is 13.2. The van der Waals surface area contributed by atoms with Crippen molar-refractivity contribution in [3.05, 3.63) is 55.9 Å². The highest BCUT2D eigenvalue weighted by Crippen LogP contribution is 2.30. The van der Waals surface area contributed by atoms with Gasteiger partial charge >= 0.3 is 0 Å². The van der Waals surface area contributed by atoms with Crippen molar-refractivity contribution < 1.29 is 9.50 Å². The van der Waals surface area contributed by atoms with Crippen LogP contribution in [0.25, 0.3) is 0 Å². The maximum atomic E-state index is 13.2. The summed E-state index contributed by atoms with van der Waals surface area (Å²) in [6.07, 6.45) is -0.445. The molecule has 0 spiro atoms. The van der Waals surface area contributed by atoms with Gasteiger partial charge in [-0.1, -0.05) is 35.3 Å². The molecule has 0 bridgehead atoms. The van der Waals surface area contributed by atoms with Crippen molar-refractivity contribution in [1.29, 1.82) is 0 Å². The molecule has 90 valence electrons. The van der Waals surface area contributed by atoms with Gasteiger partial charge in [-0.25, -0.2) is 4.39 Å². The van der Waals surface area contributed by atoms with E-state index >= 15 is 0 Å². The monoisotopic (exact) mass is 290 g/mol. The van der Waals surface area contributed by atoms with Crippen LogP contribution in [-0.4, -0.2) is 5.11 Å². The van der Waals surface area contributed by atoms with Gasteiger partial charge in [0.25, 0.3) is 0 Å². The molecule has 1 atom stereocenters. The number of hydrogen-bond donors (Lipinski definition) is 1. The van der Waals surface area contributed by atoms with Crippen LogP contribution in [0.2, 0.25) is 10.0 Å². The summed E-state index contributed by atoms with van der Waals surface area (Å²) in [4.78, 5) is 0.746. The molecular formula is C12H9Cl2FOS. The lowest BCUT2D eigenvalue weighted by Crippen LogP contribution is -2.00. The summed E-state index contributed by atoms with van der Waals surface area (Å²) in [7, 11) is 0. The molecule has 2 aromatic rings. The minimum atomic E-state index is -0.716. The molecule has 0 fully saturated rings. The van der Waals surface area contributed by atoms with E-state index in [2.05, 4.69) is 0 Å². The van der Waals surface area contributed by atoms with Gasteiger partial charge in [-0.3, -0.25) is 0 Å². The van der Waals surface area contributed by atoms with Gasteiger partial charge in [-0.2, -0.15) is 0 Å². The molecule has 1 unspecified atom stereocenters. The fourth-order valence-electron chi connectivity index (χ4n) is 1.52. The molecule has 5 heteroatoms. The second-order valence-corrected chi connectivity index (χ2v) is 5.36. The Balaban J connectivity index is 2.18. The second-order valence-electron chi connectivity index (χ2n) is 3.60. The van der Waals surface area contributed by atoms with Crippen molar-refractivity contribution in [2.75, 3.05) is 0 Å². The Bertz CT molecular complexity index is 527. The Kier molecular flexibility index (Phi) is 4.05. The third-order valence-electron chi connectivity index (χ3n) is 2.36. The van der Waals surface area contributed by atoms with Crippen LogP contribution in [-0.2, 0) is 6.42 Å². The molecule has 1 aromatic carbocycles. The zero-order valence-electron chi connectivity index (χ0n) is 8.66. The summed E-state index contributed by atoms with van der Waals surface area (Å²) in [5, 5.41) is 12.4. The van der Waals surface area contributed by atoms with Crippen molar-refractivity contribution in [1.82, 2.24) is 0 Å². The first kappa shape index (κ1) is 12.8. The zero-order chi connectivity index (χ0) is 12.4. The van der Waals surface area contributed by atoms with Gasteiger partial charge in [-0.05, 0) is 17.7 Å². The molecule has 1 N–H and O–H groups in total. The smallest absolute Gasteiger partial charge is 0.142 e. The lowest BCUT2D eigenvalue weighted by molar-refractivity contribution is 0.182. The number of rotatable bonds is 3. The summed E-state index contributed by atoms with van der Waals surface area (Å²) in [6, 6.07) is 6.26. The number of thiophene rings is 1. The minimum Gasteiger partial charge on any atom is -0.387 e. The topological polar surface area (TPSA) is 20.2 Å². The highest BCUT2D eigenvalue weighted by molar-refractivity contribution is 7.10. The molecule has 0 radical (unpaired) electrons. The number of halogens is 3. The van der Waals surface area contributed by atoms with Crippen LogP contribution < -0.4 is 0 Å². The van der Waals surface area contributed by atoms with Crippen molar-refractivity contribution in [2.45, 2.75) is 12.5 Å². The van der Waals surface area contributed by atoms with Crippen LogP contribution in [0.4, 0.5) is 4.39 Å². The lowest BCUT2D eigenvalue weighted by atomic mass is 10.1. The van der Waals surface area contributed by atoms with Gasteiger partial charge in [0.2, 0.25) is 0 Å². The summed E-state index contributed by atoms with van der Waals surface area (Å²) in [5.74, 6) is -0.472. The van der Waals surface area contributed by atoms with E-state index in [0.29, 0.717) is 10.6 Å². The predicted octanol–water partition coefficient (Wildman–Crippen LogP) is 4.47. The minimum absolute atomic E-state index is 0.0641. The third-order valence-corrected chi connectivity index (χ3v) is 4.17. The van der Waals surface area contributed by atoms with E-state index in [1.54, 1.807) is 23.6 Å². The first-order valence-electron chi connectivity index (χ1n) is 4.93. The van der Waals surface area contributed by atoms with Gasteiger partial charge in [0.05, 0.1) is 16.1 Å². The van der Waals surface area contributed by atoms with E-state index in [9.17, 15) is 9.50 Å². The molecule has 17 heavy (non-hydrogen) atoms. The van der Waals surface area contributed by atoms with Crippen molar-refractivity contribution in [3.8, 4) is 0 Å². The van der Waals surface area contributed by atoms with Crippen LogP contribution in [0.5, 0.6) is 0 Å². The van der Waals surface area contributed by atoms with Gasteiger partial charge in [0.15, 0.2) is 0 Å². The van der Waals surface area contributed by atoms with Crippen LogP contribution in [0.15, 0.2) is 29.6 Å². The van der Waals surface area contributed by atoms with Gasteiger partial charge < -0.3 is 5.11 Å². The number of aliphatic hydroxyl groups excluding tert-OH is 1. The third kappa shape index (κ3) is 2.99. The van der Waals surface area contributed by atoms with E-state index in [0.717, 1.165) is 4.88 Å². The largest absolute Gasteiger partial charge is 0.387 e. The SMILES string of the molecule is OC(Cc1cccc(F)c1Cl)c1cc(Cl)cs1. The summed E-state index contributed by atoms with van der Waals surface area (Å²) >= 11 is 13.0. The normalized spacial score (nSPS) is 12.7. The standard InChI is InChI=1S/C12H9Cl2FOS/c13-8-5-11(17-6-8)10(16)4-7-2-1-3-9(15)12(7)14/h1-3,5-6,10,16H,4H2. The van der Waals surface area contributed by atoms with E-state index in [4.69, 9.17) is 23.2 Å². The molecule has 0 amide bonds. The van der Waals surface area contributed by atoms with Crippen LogP contribution in [0, 0.1) is 5.82 Å². The molecule has 2 rings (SSSR count). The fraction of sp³-hybridized carbons (Fsp3) is 0.167. The maximum Gasteiger partial charge on any atom is 0.142 e. The average molecular weight is 291 g/mol. The van der Waals surface area contributed by atoms with E-state index in [-0.39, 0.29) is 11.4 Å². The predicted molar refractivity (Wildman–Crippen MR) is 69.4 cm³/mol. The molecule has 0 aliphatic heterocycles. The molecule has 0 saturated carbocycles. The van der Waals surface area contributed by atoms with Crippen LogP contribution >= 0.6 is 34.5 Å². The van der Waals surface area contributed by atoms with Crippen molar-refractivity contribution in [3.63, 3.8) is 0 Å². The molecule has 1 nitrogen and oxygen atoms in total. The van der Waals surface area contributed by atoms with Gasteiger partial charge in [0, 0.05) is 16.7 Å². The quantitative estimate of drug-likeness (QED) is 0.884. The highest BCUT2D eigenvalue weighted by atomic mass is 35.5. The first-order chi connectivity index (χ1) is 8.08. The molecule has 1 aromatic heterocycles. The lowest BCUT2D eigenvalue weighted by Gasteiger charge is -2.10. The first-order valence-corrected chi connectivity index (χ1v) is 6.56. The number of benzene rings is 1. The Hall–Kier alpha value is -0.610. The van der Waals surface area contributed by atoms with E-state index in [1.807, 2.05) is 0 Å². The summed E-state index contributed by atoms with van der Waals surface area (Å²) < 4.78 is 13.2. The zero-order valence-corrected chi connectivity index (χ0v) is 11.0. The Morgan fingerprint density at radius 2 is 2.12 bits per heavy atom. The summed E-state index contributed by atoms with van der Waals surface area (Å²) in [5.41, 5.74) is 0.587. The Morgan fingerprint density at radius 1 is 1.35 bits per heavy atom. The molecule has 1 heterocycles. The van der Waals surface area contributed by atoms with Crippen molar-refractivity contribution in [2.24, 2.45) is 0 Å².